The summed E-state index contributed by atoms with van der Waals surface area (Å²) in [4.78, 5) is 0. The van der Waals surface area contributed by atoms with Crippen LogP contribution < -0.4 is 5.32 Å². The Labute approximate surface area is 121 Å². The highest BCUT2D eigenvalue weighted by Crippen LogP contribution is 2.21. The van der Waals surface area contributed by atoms with Gasteiger partial charge in [-0.15, -0.1) is 0 Å². The first-order chi connectivity index (χ1) is 9.20. The second-order valence-corrected chi connectivity index (χ2v) is 5.03. The van der Waals surface area contributed by atoms with Crippen LogP contribution in [0.1, 0.15) is 12.5 Å². The molecule has 2 aromatic rings. The van der Waals surface area contributed by atoms with E-state index in [0.29, 0.717) is 5.57 Å². The van der Waals surface area contributed by atoms with Gasteiger partial charge in [-0.2, -0.15) is 5.26 Å². The molecule has 94 valence electrons. The van der Waals surface area contributed by atoms with E-state index in [1.54, 1.807) is 0 Å². The molecule has 0 heterocycles. The SMILES string of the molecule is C/C(Nc1ccc(Br)cc1)=C(\C#N)c1ccccc1. The van der Waals surface area contributed by atoms with Crippen LogP contribution in [-0.2, 0) is 0 Å². The van der Waals surface area contributed by atoms with Gasteiger partial charge in [-0.25, -0.2) is 0 Å². The molecule has 0 aliphatic carbocycles. The third-order valence-corrected chi connectivity index (χ3v) is 3.25. The molecule has 19 heavy (non-hydrogen) atoms. The molecule has 2 aromatic carbocycles. The van der Waals surface area contributed by atoms with Gasteiger partial charge in [0.05, 0.1) is 5.57 Å². The first kappa shape index (κ1) is 13.4. The molecule has 0 aliphatic heterocycles. The van der Waals surface area contributed by atoms with Crippen molar-refractivity contribution in [1.82, 2.24) is 0 Å². The van der Waals surface area contributed by atoms with Crippen molar-refractivity contribution in [3.05, 3.63) is 70.3 Å². The molecule has 0 amide bonds. The Morgan fingerprint density at radius 2 is 1.68 bits per heavy atom. The van der Waals surface area contributed by atoms with E-state index in [0.717, 1.165) is 21.4 Å². The van der Waals surface area contributed by atoms with E-state index in [1.807, 2.05) is 61.5 Å². The first-order valence-electron chi connectivity index (χ1n) is 5.89. The van der Waals surface area contributed by atoms with Crippen LogP contribution >= 0.6 is 15.9 Å². The number of nitrogens with one attached hydrogen (secondary N) is 1. The van der Waals surface area contributed by atoms with Gasteiger partial charge in [-0.05, 0) is 36.8 Å². The molecule has 0 aromatic heterocycles. The predicted octanol–water partition coefficient (Wildman–Crippen LogP) is 4.82. The molecule has 0 aliphatic rings. The summed E-state index contributed by atoms with van der Waals surface area (Å²) in [5.41, 5.74) is 3.39. The van der Waals surface area contributed by atoms with E-state index in [4.69, 9.17) is 0 Å². The Hall–Kier alpha value is -2.05. The van der Waals surface area contributed by atoms with Crippen molar-refractivity contribution < 1.29 is 0 Å². The smallest absolute Gasteiger partial charge is 0.102 e. The van der Waals surface area contributed by atoms with Gasteiger partial charge in [0, 0.05) is 15.9 Å². The molecule has 0 saturated heterocycles. The minimum absolute atomic E-state index is 0.656. The van der Waals surface area contributed by atoms with Crippen LogP contribution in [0.15, 0.2) is 64.8 Å². The lowest BCUT2D eigenvalue weighted by molar-refractivity contribution is 1.37. The van der Waals surface area contributed by atoms with E-state index in [2.05, 4.69) is 27.3 Å². The molecule has 2 nitrogen and oxygen atoms in total. The average molecular weight is 313 g/mol. The average Bonchev–Trinajstić information content (AvgIpc) is 2.43. The predicted molar refractivity (Wildman–Crippen MR) is 82.4 cm³/mol. The Morgan fingerprint density at radius 3 is 2.26 bits per heavy atom. The summed E-state index contributed by atoms with van der Waals surface area (Å²) in [7, 11) is 0. The number of allylic oxidation sites excluding steroid dienone is 2. The number of rotatable bonds is 3. The van der Waals surface area contributed by atoms with Crippen molar-refractivity contribution in [2.24, 2.45) is 0 Å². The van der Waals surface area contributed by atoms with Gasteiger partial charge >= 0.3 is 0 Å². The largest absolute Gasteiger partial charge is 0.358 e. The maximum absolute atomic E-state index is 9.32. The summed E-state index contributed by atoms with van der Waals surface area (Å²) >= 11 is 3.40. The Balaban J connectivity index is 2.30. The molecule has 0 spiro atoms. The number of halogens is 1. The molecule has 0 atom stereocenters. The second-order valence-electron chi connectivity index (χ2n) is 4.11. The minimum atomic E-state index is 0.656. The van der Waals surface area contributed by atoms with E-state index < -0.39 is 0 Å². The van der Waals surface area contributed by atoms with Gasteiger partial charge in [-0.1, -0.05) is 46.3 Å². The Kier molecular flexibility index (Phi) is 4.38. The van der Waals surface area contributed by atoms with Crippen molar-refractivity contribution in [3.8, 4) is 6.07 Å². The lowest BCUT2D eigenvalue weighted by Crippen LogP contribution is -1.99. The van der Waals surface area contributed by atoms with Crippen molar-refractivity contribution in [2.75, 3.05) is 5.32 Å². The Bertz CT molecular complexity index is 622. The number of nitrogens with zero attached hydrogens (tertiary/aromatic N) is 1. The normalized spacial score (nSPS) is 11.4. The van der Waals surface area contributed by atoms with Crippen LogP contribution in [0.3, 0.4) is 0 Å². The highest BCUT2D eigenvalue weighted by molar-refractivity contribution is 9.10. The summed E-state index contributed by atoms with van der Waals surface area (Å²) in [6.45, 7) is 1.91. The molecule has 0 fully saturated rings. The molecule has 1 N–H and O–H groups in total. The highest BCUT2D eigenvalue weighted by atomic mass is 79.9. The molecule has 0 bridgehead atoms. The summed E-state index contributed by atoms with van der Waals surface area (Å²) in [6, 6.07) is 19.8. The summed E-state index contributed by atoms with van der Waals surface area (Å²) in [5.74, 6) is 0. The zero-order valence-corrected chi connectivity index (χ0v) is 12.1. The van der Waals surface area contributed by atoms with E-state index in [-0.39, 0.29) is 0 Å². The van der Waals surface area contributed by atoms with Crippen molar-refractivity contribution in [1.29, 1.82) is 5.26 Å². The molecule has 3 heteroatoms. The van der Waals surface area contributed by atoms with Gasteiger partial charge in [0.15, 0.2) is 0 Å². The lowest BCUT2D eigenvalue weighted by atomic mass is 10.1. The maximum Gasteiger partial charge on any atom is 0.102 e. The van der Waals surface area contributed by atoms with Crippen LogP contribution in [0.2, 0.25) is 0 Å². The molecule has 0 saturated carbocycles. The van der Waals surface area contributed by atoms with E-state index >= 15 is 0 Å². The second kappa shape index (κ2) is 6.21. The monoisotopic (exact) mass is 312 g/mol. The number of anilines is 1. The fourth-order valence-electron chi connectivity index (χ4n) is 1.78. The van der Waals surface area contributed by atoms with Gasteiger partial charge in [0.1, 0.15) is 6.07 Å². The molecular weight excluding hydrogens is 300 g/mol. The zero-order chi connectivity index (χ0) is 13.7. The lowest BCUT2D eigenvalue weighted by Gasteiger charge is -2.09. The van der Waals surface area contributed by atoms with Gasteiger partial charge in [0.25, 0.3) is 0 Å². The highest BCUT2D eigenvalue weighted by Gasteiger charge is 2.05. The zero-order valence-electron chi connectivity index (χ0n) is 10.5. The Morgan fingerprint density at radius 1 is 1.05 bits per heavy atom. The van der Waals surface area contributed by atoms with Crippen LogP contribution in [0.25, 0.3) is 5.57 Å². The van der Waals surface area contributed by atoms with E-state index in [1.165, 1.54) is 0 Å². The molecule has 0 unspecified atom stereocenters. The van der Waals surface area contributed by atoms with Gasteiger partial charge < -0.3 is 5.32 Å². The quantitative estimate of drug-likeness (QED) is 0.825. The summed E-state index contributed by atoms with van der Waals surface area (Å²) < 4.78 is 1.03. The number of hydrogen-bond donors (Lipinski definition) is 1. The van der Waals surface area contributed by atoms with Crippen LogP contribution in [0, 0.1) is 11.3 Å². The number of nitriles is 1. The fourth-order valence-corrected chi connectivity index (χ4v) is 2.05. The third kappa shape index (κ3) is 3.46. The number of hydrogen-bond acceptors (Lipinski definition) is 2. The topological polar surface area (TPSA) is 35.8 Å². The van der Waals surface area contributed by atoms with E-state index in [9.17, 15) is 5.26 Å². The standard InChI is InChI=1S/C16H13BrN2/c1-12(19-15-9-7-14(17)8-10-15)16(11-18)13-5-3-2-4-6-13/h2-10,19H,1H3/b16-12-. The summed E-state index contributed by atoms with van der Waals surface area (Å²) in [5, 5.41) is 12.6. The third-order valence-electron chi connectivity index (χ3n) is 2.73. The maximum atomic E-state index is 9.32. The van der Waals surface area contributed by atoms with Crippen molar-refractivity contribution >= 4 is 27.2 Å². The molecular formula is C16H13BrN2. The van der Waals surface area contributed by atoms with Crippen molar-refractivity contribution in [2.45, 2.75) is 6.92 Å². The van der Waals surface area contributed by atoms with Crippen LogP contribution in [0.5, 0.6) is 0 Å². The number of benzene rings is 2. The minimum Gasteiger partial charge on any atom is -0.358 e. The van der Waals surface area contributed by atoms with Crippen LogP contribution in [0.4, 0.5) is 5.69 Å². The van der Waals surface area contributed by atoms with Crippen LogP contribution in [-0.4, -0.2) is 0 Å². The van der Waals surface area contributed by atoms with Crippen molar-refractivity contribution in [3.63, 3.8) is 0 Å². The van der Waals surface area contributed by atoms with Gasteiger partial charge in [0.2, 0.25) is 0 Å². The van der Waals surface area contributed by atoms with Gasteiger partial charge in [-0.3, -0.25) is 0 Å². The molecule has 2 rings (SSSR count). The summed E-state index contributed by atoms with van der Waals surface area (Å²) in [6.07, 6.45) is 0. The fraction of sp³-hybridized carbons (Fsp3) is 0.0625. The first-order valence-corrected chi connectivity index (χ1v) is 6.69. The molecule has 0 radical (unpaired) electrons.